The van der Waals surface area contributed by atoms with Crippen molar-refractivity contribution in [2.24, 2.45) is 0 Å². The molecule has 152 valence electrons. The van der Waals surface area contributed by atoms with Gasteiger partial charge in [-0.15, -0.1) is 0 Å². The van der Waals surface area contributed by atoms with Crippen molar-refractivity contribution in [2.45, 2.75) is 33.7 Å². The van der Waals surface area contributed by atoms with Gasteiger partial charge in [-0.2, -0.15) is 0 Å². The highest BCUT2D eigenvalue weighted by Crippen LogP contribution is 2.35. The van der Waals surface area contributed by atoms with E-state index >= 15 is 0 Å². The van der Waals surface area contributed by atoms with Crippen molar-refractivity contribution in [3.63, 3.8) is 0 Å². The molecule has 0 atom stereocenters. The second-order valence-corrected chi connectivity index (χ2v) is 7.68. The average Bonchev–Trinajstić information content (AvgIpc) is 2.96. The molecule has 2 aromatic rings. The van der Waals surface area contributed by atoms with Gasteiger partial charge >= 0.3 is 0 Å². The van der Waals surface area contributed by atoms with Gasteiger partial charge in [0.25, 0.3) is 11.1 Å². The summed E-state index contributed by atoms with van der Waals surface area (Å²) in [5.41, 5.74) is 2.81. The number of imide groups is 1. The molecule has 2 aromatic carbocycles. The van der Waals surface area contributed by atoms with Crippen LogP contribution in [0.3, 0.4) is 0 Å². The summed E-state index contributed by atoms with van der Waals surface area (Å²) in [7, 11) is 0. The molecule has 3 rings (SSSR count). The number of carbonyl (C=O) groups is 2. The molecule has 5 nitrogen and oxygen atoms in total. The predicted molar refractivity (Wildman–Crippen MR) is 116 cm³/mol. The van der Waals surface area contributed by atoms with Gasteiger partial charge in [-0.3, -0.25) is 14.5 Å². The number of ether oxygens (including phenoxy) is 2. The average molecular weight is 412 g/mol. The Hall–Kier alpha value is -2.73. The lowest BCUT2D eigenvalue weighted by atomic mass is 10.1. The molecule has 0 bridgehead atoms. The van der Waals surface area contributed by atoms with Gasteiger partial charge in [0.05, 0.1) is 24.7 Å². The smallest absolute Gasteiger partial charge is 0.293 e. The zero-order chi connectivity index (χ0) is 20.8. The zero-order valence-corrected chi connectivity index (χ0v) is 17.8. The molecule has 0 aliphatic carbocycles. The van der Waals surface area contributed by atoms with Gasteiger partial charge in [-0.05, 0) is 66.9 Å². The van der Waals surface area contributed by atoms with Crippen LogP contribution in [-0.4, -0.2) is 29.3 Å². The molecule has 0 unspecified atom stereocenters. The number of rotatable bonds is 8. The van der Waals surface area contributed by atoms with Gasteiger partial charge in [0, 0.05) is 0 Å². The van der Waals surface area contributed by atoms with Crippen LogP contribution in [0.2, 0.25) is 0 Å². The molecule has 0 aromatic heterocycles. The summed E-state index contributed by atoms with van der Waals surface area (Å²) in [6.07, 6.45) is 2.64. The van der Waals surface area contributed by atoms with E-state index in [0.29, 0.717) is 29.6 Å². The van der Waals surface area contributed by atoms with E-state index in [1.165, 1.54) is 4.90 Å². The van der Waals surface area contributed by atoms with Crippen LogP contribution < -0.4 is 9.47 Å². The lowest BCUT2D eigenvalue weighted by Crippen LogP contribution is -2.27. The van der Waals surface area contributed by atoms with E-state index in [1.807, 2.05) is 63.2 Å². The Morgan fingerprint density at radius 1 is 1.03 bits per heavy atom. The number of benzene rings is 2. The van der Waals surface area contributed by atoms with E-state index in [9.17, 15) is 9.59 Å². The van der Waals surface area contributed by atoms with Crippen molar-refractivity contribution in [2.75, 3.05) is 13.2 Å². The number of aryl methyl sites for hydroxylation is 1. The Morgan fingerprint density at radius 2 is 1.83 bits per heavy atom. The zero-order valence-electron chi connectivity index (χ0n) is 16.9. The summed E-state index contributed by atoms with van der Waals surface area (Å²) in [6, 6.07) is 13.3. The van der Waals surface area contributed by atoms with Gasteiger partial charge in [-0.25, -0.2) is 0 Å². The third-order valence-corrected chi connectivity index (χ3v) is 5.40. The minimum Gasteiger partial charge on any atom is -0.490 e. The van der Waals surface area contributed by atoms with Crippen molar-refractivity contribution in [3.05, 3.63) is 64.1 Å². The fourth-order valence-corrected chi connectivity index (χ4v) is 3.80. The Bertz CT molecular complexity index is 938. The highest BCUT2D eigenvalue weighted by Gasteiger charge is 2.35. The van der Waals surface area contributed by atoms with Crippen molar-refractivity contribution in [1.82, 2.24) is 4.90 Å². The van der Waals surface area contributed by atoms with Crippen LogP contribution in [0.25, 0.3) is 6.08 Å². The lowest BCUT2D eigenvalue weighted by Gasteiger charge is -2.14. The summed E-state index contributed by atoms with van der Waals surface area (Å²) in [6.45, 7) is 7.33. The quantitative estimate of drug-likeness (QED) is 0.543. The van der Waals surface area contributed by atoms with Crippen LogP contribution in [-0.2, 0) is 11.3 Å². The number of hydrogen-bond acceptors (Lipinski definition) is 5. The second-order valence-electron chi connectivity index (χ2n) is 6.68. The van der Waals surface area contributed by atoms with E-state index in [1.54, 1.807) is 6.08 Å². The fourth-order valence-electron chi connectivity index (χ4n) is 2.96. The standard InChI is InChI=1S/C23H25NO4S/c1-4-12-28-19-11-10-17(13-20(19)27-5-2)14-21-22(25)24(23(26)29-21)15-18-9-7-6-8-16(18)3/h6-11,13-14H,4-5,12,15H2,1-3H3/b21-14-. The molecule has 1 aliphatic rings. The molecule has 6 heteroatoms. The number of nitrogens with zero attached hydrogens (tertiary/aromatic N) is 1. The largest absolute Gasteiger partial charge is 0.490 e. The highest BCUT2D eigenvalue weighted by molar-refractivity contribution is 8.18. The van der Waals surface area contributed by atoms with E-state index in [-0.39, 0.29) is 17.7 Å². The van der Waals surface area contributed by atoms with Gasteiger partial charge in [0.2, 0.25) is 0 Å². The van der Waals surface area contributed by atoms with Crippen molar-refractivity contribution < 1.29 is 19.1 Å². The molecule has 1 saturated heterocycles. The Morgan fingerprint density at radius 3 is 2.55 bits per heavy atom. The van der Waals surface area contributed by atoms with Gasteiger partial charge in [-0.1, -0.05) is 37.3 Å². The SMILES string of the molecule is CCCOc1ccc(/C=C2\SC(=O)N(Cc3ccccc3C)C2=O)cc1OCC. The first-order valence-electron chi connectivity index (χ1n) is 9.73. The van der Waals surface area contributed by atoms with Crippen LogP contribution in [0.5, 0.6) is 11.5 Å². The number of hydrogen-bond donors (Lipinski definition) is 0. The second kappa shape index (κ2) is 9.65. The maximum absolute atomic E-state index is 12.8. The van der Waals surface area contributed by atoms with Crippen LogP contribution in [0.1, 0.15) is 37.0 Å². The topological polar surface area (TPSA) is 55.8 Å². The molecule has 1 aliphatic heterocycles. The predicted octanol–water partition coefficient (Wildman–Crippen LogP) is 5.42. The van der Waals surface area contributed by atoms with E-state index in [4.69, 9.17) is 9.47 Å². The molecule has 1 fully saturated rings. The fraction of sp³-hybridized carbons (Fsp3) is 0.304. The third kappa shape index (κ3) is 5.01. The number of thioether (sulfide) groups is 1. The first-order valence-corrected chi connectivity index (χ1v) is 10.5. The molecular weight excluding hydrogens is 386 g/mol. The first kappa shape index (κ1) is 21.0. The van der Waals surface area contributed by atoms with Crippen LogP contribution in [0, 0.1) is 6.92 Å². The molecule has 2 amide bonds. The normalized spacial score (nSPS) is 15.3. The summed E-state index contributed by atoms with van der Waals surface area (Å²) in [5.74, 6) is 1.04. The van der Waals surface area contributed by atoms with Crippen molar-refractivity contribution >= 4 is 29.0 Å². The van der Waals surface area contributed by atoms with Gasteiger partial charge < -0.3 is 9.47 Å². The summed E-state index contributed by atoms with van der Waals surface area (Å²) in [5, 5.41) is -0.252. The van der Waals surface area contributed by atoms with E-state index < -0.39 is 0 Å². The summed E-state index contributed by atoms with van der Waals surface area (Å²) < 4.78 is 11.4. The number of carbonyl (C=O) groups excluding carboxylic acids is 2. The summed E-state index contributed by atoms with van der Waals surface area (Å²) in [4.78, 5) is 26.9. The van der Waals surface area contributed by atoms with Gasteiger partial charge in [0.1, 0.15) is 0 Å². The molecule has 0 spiro atoms. The minimum absolute atomic E-state index is 0.252. The van der Waals surface area contributed by atoms with Crippen molar-refractivity contribution in [3.8, 4) is 11.5 Å². The van der Waals surface area contributed by atoms with Crippen LogP contribution in [0.15, 0.2) is 47.4 Å². The monoisotopic (exact) mass is 411 g/mol. The maximum atomic E-state index is 12.8. The molecule has 0 radical (unpaired) electrons. The molecule has 29 heavy (non-hydrogen) atoms. The Labute approximate surface area is 175 Å². The Kier molecular flexibility index (Phi) is 6.99. The van der Waals surface area contributed by atoms with E-state index in [0.717, 1.165) is 34.9 Å². The minimum atomic E-state index is -0.271. The highest BCUT2D eigenvalue weighted by atomic mass is 32.2. The van der Waals surface area contributed by atoms with Crippen LogP contribution in [0.4, 0.5) is 4.79 Å². The molecule has 1 heterocycles. The molecular formula is C23H25NO4S. The number of amides is 2. The first-order chi connectivity index (χ1) is 14.0. The summed E-state index contributed by atoms with van der Waals surface area (Å²) >= 11 is 0.966. The molecule has 0 saturated carbocycles. The maximum Gasteiger partial charge on any atom is 0.293 e. The van der Waals surface area contributed by atoms with E-state index in [2.05, 4.69) is 0 Å². The Balaban J connectivity index is 1.81. The van der Waals surface area contributed by atoms with Gasteiger partial charge in [0.15, 0.2) is 11.5 Å². The lowest BCUT2D eigenvalue weighted by molar-refractivity contribution is -0.123. The van der Waals surface area contributed by atoms with Crippen LogP contribution >= 0.6 is 11.8 Å². The third-order valence-electron chi connectivity index (χ3n) is 4.49. The van der Waals surface area contributed by atoms with Crippen molar-refractivity contribution in [1.29, 1.82) is 0 Å². The molecule has 0 N–H and O–H groups in total.